The molecule has 10 nitrogen and oxygen atoms in total. The van der Waals surface area contributed by atoms with Crippen molar-refractivity contribution in [2.45, 2.75) is 63.7 Å². The van der Waals surface area contributed by atoms with E-state index < -0.39 is 40.0 Å². The molecule has 3 aromatic rings. The Bertz CT molecular complexity index is 1520. The number of nitrogens with one attached hydrogen (secondary N) is 3. The standard InChI is InChI=1S/C34H46FN5O5S/c1-23(2)21-40(46(44,45)29-15-13-28(36)14-16-29)22-31(41)30(18-25-9-6-5-7-10-25)38-34(43)33(24(3)4)39-32(42)20-37-19-26-11-8-12-27(35)17-26/h5-17,23-24,30-31,33,37,41H,18-22,36H2,1-4H3,(H,38,43)(H,39,42)/t30-,31+,33-/m0/s1. The summed E-state index contributed by atoms with van der Waals surface area (Å²) in [6.07, 6.45) is -1.07. The Balaban J connectivity index is 1.77. The van der Waals surface area contributed by atoms with Crippen LogP contribution in [-0.4, -0.2) is 67.5 Å². The fraction of sp³-hybridized carbons (Fsp3) is 0.412. The number of benzene rings is 3. The van der Waals surface area contributed by atoms with Gasteiger partial charge in [-0.3, -0.25) is 9.59 Å². The maximum atomic E-state index is 13.6. The molecule has 0 saturated carbocycles. The van der Waals surface area contributed by atoms with Crippen LogP contribution in [0.5, 0.6) is 0 Å². The molecule has 12 heteroatoms. The minimum absolute atomic E-state index is 0.0480. The van der Waals surface area contributed by atoms with E-state index in [9.17, 15) is 27.5 Å². The zero-order valence-electron chi connectivity index (χ0n) is 26.8. The summed E-state index contributed by atoms with van der Waals surface area (Å²) < 4.78 is 42.0. The molecule has 3 rings (SSSR count). The first kappa shape index (κ1) is 36.6. The van der Waals surface area contributed by atoms with Gasteiger partial charge in [0.05, 0.1) is 23.6 Å². The molecule has 0 aliphatic rings. The van der Waals surface area contributed by atoms with Crippen LogP contribution in [0, 0.1) is 17.7 Å². The third-order valence-electron chi connectivity index (χ3n) is 7.34. The van der Waals surface area contributed by atoms with Gasteiger partial charge in [0.25, 0.3) is 0 Å². The minimum Gasteiger partial charge on any atom is -0.399 e. The van der Waals surface area contributed by atoms with Crippen LogP contribution in [0.15, 0.2) is 83.8 Å². The summed E-state index contributed by atoms with van der Waals surface area (Å²) >= 11 is 0. The molecule has 0 aromatic heterocycles. The highest BCUT2D eigenvalue weighted by molar-refractivity contribution is 7.89. The van der Waals surface area contributed by atoms with Gasteiger partial charge in [0.2, 0.25) is 21.8 Å². The molecule has 0 aliphatic carbocycles. The SMILES string of the molecule is CC(C)CN(C[C@@H](O)[C@H](Cc1ccccc1)NC(=O)[C@@H](NC(=O)CNCc1cccc(F)c1)C(C)C)S(=O)(=O)c1ccc(N)cc1. The van der Waals surface area contributed by atoms with Crippen LogP contribution in [0.25, 0.3) is 0 Å². The van der Waals surface area contributed by atoms with Gasteiger partial charge < -0.3 is 26.8 Å². The van der Waals surface area contributed by atoms with E-state index in [-0.39, 0.29) is 55.1 Å². The van der Waals surface area contributed by atoms with Crippen molar-refractivity contribution in [1.82, 2.24) is 20.3 Å². The number of amides is 2. The Hall–Kier alpha value is -3.84. The zero-order valence-corrected chi connectivity index (χ0v) is 27.6. The van der Waals surface area contributed by atoms with Crippen LogP contribution >= 0.6 is 0 Å². The minimum atomic E-state index is -4.00. The van der Waals surface area contributed by atoms with Gasteiger partial charge in [-0.1, -0.05) is 70.2 Å². The van der Waals surface area contributed by atoms with Crippen LogP contribution in [0.2, 0.25) is 0 Å². The molecule has 0 fully saturated rings. The maximum Gasteiger partial charge on any atom is 0.243 e. The number of rotatable bonds is 17. The Labute approximate surface area is 271 Å². The van der Waals surface area contributed by atoms with Gasteiger partial charge in [-0.05, 0) is 65.8 Å². The second kappa shape index (κ2) is 17.2. The lowest BCUT2D eigenvalue weighted by Gasteiger charge is -2.32. The first-order valence-electron chi connectivity index (χ1n) is 15.4. The topological polar surface area (TPSA) is 154 Å². The van der Waals surface area contributed by atoms with Gasteiger partial charge in [-0.15, -0.1) is 0 Å². The molecule has 6 N–H and O–H groups in total. The van der Waals surface area contributed by atoms with Crippen LogP contribution in [0.4, 0.5) is 10.1 Å². The number of aliphatic hydroxyl groups excluding tert-OH is 1. The van der Waals surface area contributed by atoms with E-state index in [1.807, 2.05) is 44.2 Å². The third-order valence-corrected chi connectivity index (χ3v) is 9.18. The Kier molecular flexibility index (Phi) is 13.7. The van der Waals surface area contributed by atoms with E-state index >= 15 is 0 Å². The number of nitrogen functional groups attached to an aromatic ring is 1. The first-order valence-corrected chi connectivity index (χ1v) is 16.8. The predicted octanol–water partition coefficient (Wildman–Crippen LogP) is 3.07. The molecule has 3 atom stereocenters. The van der Waals surface area contributed by atoms with Crippen molar-refractivity contribution in [3.8, 4) is 0 Å². The number of hydrogen-bond donors (Lipinski definition) is 5. The third kappa shape index (κ3) is 11.2. The van der Waals surface area contributed by atoms with Crippen LogP contribution in [-0.2, 0) is 32.6 Å². The molecular formula is C34H46FN5O5S. The van der Waals surface area contributed by atoms with E-state index in [2.05, 4.69) is 16.0 Å². The van der Waals surface area contributed by atoms with Crippen LogP contribution in [0.3, 0.4) is 0 Å². The summed E-state index contributed by atoms with van der Waals surface area (Å²) in [4.78, 5) is 26.5. The molecule has 0 spiro atoms. The fourth-order valence-electron chi connectivity index (χ4n) is 4.95. The number of halogens is 1. The summed E-state index contributed by atoms with van der Waals surface area (Å²) in [6.45, 7) is 7.37. The number of carbonyl (C=O) groups is 2. The summed E-state index contributed by atoms with van der Waals surface area (Å²) in [5, 5.41) is 20.1. The van der Waals surface area contributed by atoms with Gasteiger partial charge in [0.1, 0.15) is 11.9 Å². The molecule has 46 heavy (non-hydrogen) atoms. The van der Waals surface area contributed by atoms with Crippen molar-refractivity contribution >= 4 is 27.5 Å². The molecule has 0 radical (unpaired) electrons. The predicted molar refractivity (Wildman–Crippen MR) is 177 cm³/mol. The molecule has 0 unspecified atom stereocenters. The van der Waals surface area contributed by atoms with Crippen molar-refractivity contribution < 1.29 is 27.5 Å². The Morgan fingerprint density at radius 1 is 0.891 bits per heavy atom. The lowest BCUT2D eigenvalue weighted by molar-refractivity contribution is -0.130. The average molecular weight is 656 g/mol. The second-order valence-corrected chi connectivity index (χ2v) is 14.1. The van der Waals surface area contributed by atoms with Crippen molar-refractivity contribution in [2.24, 2.45) is 11.8 Å². The number of aliphatic hydroxyl groups is 1. The van der Waals surface area contributed by atoms with Crippen molar-refractivity contribution in [3.05, 3.63) is 95.8 Å². The molecule has 0 saturated heterocycles. The van der Waals surface area contributed by atoms with Gasteiger partial charge in [-0.2, -0.15) is 4.31 Å². The second-order valence-electron chi connectivity index (χ2n) is 12.2. The Morgan fingerprint density at radius 2 is 1.54 bits per heavy atom. The quantitative estimate of drug-likeness (QED) is 0.140. The molecular weight excluding hydrogens is 609 g/mol. The van der Waals surface area contributed by atoms with E-state index in [1.54, 1.807) is 26.0 Å². The van der Waals surface area contributed by atoms with Crippen molar-refractivity contribution in [3.63, 3.8) is 0 Å². The molecule has 2 amide bonds. The van der Waals surface area contributed by atoms with Crippen molar-refractivity contribution in [2.75, 3.05) is 25.4 Å². The number of nitrogens with zero attached hydrogens (tertiary/aromatic N) is 1. The molecule has 250 valence electrons. The number of hydrogen-bond acceptors (Lipinski definition) is 7. The smallest absolute Gasteiger partial charge is 0.243 e. The van der Waals surface area contributed by atoms with E-state index in [0.717, 1.165) is 5.56 Å². The number of nitrogens with two attached hydrogens (primary N) is 1. The molecule has 0 aliphatic heterocycles. The average Bonchev–Trinajstić information content (AvgIpc) is 2.99. The van der Waals surface area contributed by atoms with Gasteiger partial charge in [0, 0.05) is 25.3 Å². The largest absolute Gasteiger partial charge is 0.399 e. The van der Waals surface area contributed by atoms with E-state index in [4.69, 9.17) is 5.73 Å². The number of anilines is 1. The van der Waals surface area contributed by atoms with Gasteiger partial charge in [0.15, 0.2) is 0 Å². The highest BCUT2D eigenvalue weighted by Crippen LogP contribution is 2.20. The number of carbonyl (C=O) groups excluding carboxylic acids is 2. The summed E-state index contributed by atoms with van der Waals surface area (Å²) in [7, 11) is -4.00. The highest BCUT2D eigenvalue weighted by Gasteiger charge is 2.33. The van der Waals surface area contributed by atoms with E-state index in [1.165, 1.54) is 40.7 Å². The maximum absolute atomic E-state index is 13.6. The lowest BCUT2D eigenvalue weighted by atomic mass is 9.98. The summed E-state index contributed by atoms with van der Waals surface area (Å²) in [5.41, 5.74) is 7.69. The Morgan fingerprint density at radius 3 is 2.15 bits per heavy atom. The summed E-state index contributed by atoms with van der Waals surface area (Å²) in [5.74, 6) is -1.66. The zero-order chi connectivity index (χ0) is 33.9. The summed E-state index contributed by atoms with van der Waals surface area (Å²) in [6, 6.07) is 19.3. The first-order chi connectivity index (χ1) is 21.8. The van der Waals surface area contributed by atoms with Crippen LogP contribution in [0.1, 0.15) is 38.8 Å². The molecule has 0 heterocycles. The molecule has 3 aromatic carbocycles. The molecule has 0 bridgehead atoms. The van der Waals surface area contributed by atoms with Gasteiger partial charge in [-0.25, -0.2) is 12.8 Å². The van der Waals surface area contributed by atoms with Crippen LogP contribution < -0.4 is 21.7 Å². The van der Waals surface area contributed by atoms with Crippen molar-refractivity contribution in [1.29, 1.82) is 0 Å². The van der Waals surface area contributed by atoms with Gasteiger partial charge >= 0.3 is 0 Å². The fourth-order valence-corrected chi connectivity index (χ4v) is 6.57. The normalized spacial score (nSPS) is 13.8. The lowest BCUT2D eigenvalue weighted by Crippen LogP contribution is -2.57. The van der Waals surface area contributed by atoms with E-state index in [0.29, 0.717) is 11.3 Å². The number of sulfonamides is 1. The monoisotopic (exact) mass is 655 g/mol. The highest BCUT2D eigenvalue weighted by atomic mass is 32.2.